The summed E-state index contributed by atoms with van der Waals surface area (Å²) in [6.07, 6.45) is 0.862. The van der Waals surface area contributed by atoms with Gasteiger partial charge in [0, 0.05) is 6.54 Å². The molecule has 0 aliphatic heterocycles. The summed E-state index contributed by atoms with van der Waals surface area (Å²) in [6.45, 7) is 1.62. The smallest absolute Gasteiger partial charge is 0.163 e. The van der Waals surface area contributed by atoms with Crippen molar-refractivity contribution in [3.63, 3.8) is 0 Å². The van der Waals surface area contributed by atoms with Gasteiger partial charge in [-0.05, 0) is 54.4 Å². The maximum absolute atomic E-state index is 5.89. The van der Waals surface area contributed by atoms with Crippen LogP contribution in [0.25, 0.3) is 0 Å². The van der Waals surface area contributed by atoms with E-state index >= 15 is 0 Å². The van der Waals surface area contributed by atoms with Crippen LogP contribution >= 0.6 is 0 Å². The molecule has 0 aliphatic carbocycles. The highest BCUT2D eigenvalue weighted by molar-refractivity contribution is 5.46. The molecule has 4 nitrogen and oxygen atoms in total. The topological polar surface area (TPSA) is 39.7 Å². The minimum absolute atomic E-state index is 0.765. The maximum Gasteiger partial charge on any atom is 0.163 e. The largest absolute Gasteiger partial charge is 0.493 e. The third kappa shape index (κ3) is 5.25. The van der Waals surface area contributed by atoms with E-state index in [1.807, 2.05) is 54.6 Å². The molecule has 1 N–H and O–H groups in total. The van der Waals surface area contributed by atoms with Crippen LogP contribution in [0.5, 0.6) is 23.0 Å². The molecule has 0 spiro atoms. The second-order valence-corrected chi connectivity index (χ2v) is 6.14. The van der Waals surface area contributed by atoms with Crippen LogP contribution in [0.2, 0.25) is 0 Å². The number of para-hydroxylation sites is 2. The van der Waals surface area contributed by atoms with Gasteiger partial charge in [-0.25, -0.2) is 0 Å². The normalized spacial score (nSPS) is 10.4. The lowest BCUT2D eigenvalue weighted by Gasteiger charge is -2.13. The lowest BCUT2D eigenvalue weighted by Crippen LogP contribution is -2.17. The molecule has 0 unspecified atom stereocenters. The van der Waals surface area contributed by atoms with E-state index in [1.165, 1.54) is 5.56 Å². The summed E-state index contributed by atoms with van der Waals surface area (Å²) in [5, 5.41) is 3.48. The average molecular weight is 363 g/mol. The van der Waals surface area contributed by atoms with Gasteiger partial charge in [0.1, 0.15) is 11.5 Å². The van der Waals surface area contributed by atoms with Crippen molar-refractivity contribution in [1.82, 2.24) is 5.32 Å². The van der Waals surface area contributed by atoms with Crippen LogP contribution in [0, 0.1) is 0 Å². The van der Waals surface area contributed by atoms with Gasteiger partial charge in [-0.2, -0.15) is 0 Å². The van der Waals surface area contributed by atoms with E-state index in [-0.39, 0.29) is 0 Å². The van der Waals surface area contributed by atoms with Crippen LogP contribution in [0.1, 0.15) is 11.1 Å². The van der Waals surface area contributed by atoms with Crippen LogP contribution in [-0.4, -0.2) is 20.8 Å². The molecule has 27 heavy (non-hydrogen) atoms. The number of hydrogen-bond acceptors (Lipinski definition) is 4. The third-order valence-electron chi connectivity index (χ3n) is 4.26. The Morgan fingerprint density at radius 1 is 0.778 bits per heavy atom. The Morgan fingerprint density at radius 2 is 1.56 bits per heavy atom. The molecule has 0 saturated carbocycles. The van der Waals surface area contributed by atoms with E-state index in [2.05, 4.69) is 23.5 Å². The predicted molar refractivity (Wildman–Crippen MR) is 108 cm³/mol. The maximum atomic E-state index is 5.89. The fourth-order valence-corrected chi connectivity index (χ4v) is 2.95. The molecule has 0 aliphatic rings. The SMILES string of the molecule is COc1cccc(CCNCc2cccc(Oc3ccccc3)c2)c1OC. The molecule has 4 heteroatoms. The first kappa shape index (κ1) is 18.8. The molecule has 0 radical (unpaired) electrons. The van der Waals surface area contributed by atoms with Crippen molar-refractivity contribution in [2.45, 2.75) is 13.0 Å². The molecule has 3 aromatic rings. The van der Waals surface area contributed by atoms with Crippen LogP contribution in [0.3, 0.4) is 0 Å². The van der Waals surface area contributed by atoms with Gasteiger partial charge in [0.25, 0.3) is 0 Å². The van der Waals surface area contributed by atoms with Crippen LogP contribution < -0.4 is 19.5 Å². The van der Waals surface area contributed by atoms with Crippen molar-refractivity contribution < 1.29 is 14.2 Å². The number of hydrogen-bond donors (Lipinski definition) is 1. The number of nitrogens with one attached hydrogen (secondary N) is 1. The molecular weight excluding hydrogens is 338 g/mol. The second-order valence-electron chi connectivity index (χ2n) is 6.14. The van der Waals surface area contributed by atoms with E-state index in [9.17, 15) is 0 Å². The van der Waals surface area contributed by atoms with Gasteiger partial charge >= 0.3 is 0 Å². The third-order valence-corrected chi connectivity index (χ3v) is 4.26. The zero-order chi connectivity index (χ0) is 18.9. The molecule has 0 atom stereocenters. The van der Waals surface area contributed by atoms with Crippen molar-refractivity contribution in [3.05, 3.63) is 83.9 Å². The average Bonchev–Trinajstić information content (AvgIpc) is 2.72. The summed E-state index contributed by atoms with van der Waals surface area (Å²) in [5.41, 5.74) is 2.31. The predicted octanol–water partition coefficient (Wildman–Crippen LogP) is 4.83. The van der Waals surface area contributed by atoms with Crippen LogP contribution in [0.15, 0.2) is 72.8 Å². The minimum atomic E-state index is 0.765. The fraction of sp³-hybridized carbons (Fsp3) is 0.217. The highest BCUT2D eigenvalue weighted by Gasteiger charge is 2.08. The quantitative estimate of drug-likeness (QED) is 0.553. The van der Waals surface area contributed by atoms with Crippen molar-refractivity contribution in [3.8, 4) is 23.0 Å². The Labute approximate surface area is 160 Å². The number of benzene rings is 3. The van der Waals surface area contributed by atoms with Crippen molar-refractivity contribution in [2.75, 3.05) is 20.8 Å². The first-order chi connectivity index (χ1) is 13.3. The fourth-order valence-electron chi connectivity index (χ4n) is 2.95. The zero-order valence-corrected chi connectivity index (χ0v) is 15.8. The Bertz CT molecular complexity index is 849. The molecule has 140 valence electrons. The molecule has 0 fully saturated rings. The van der Waals surface area contributed by atoms with Gasteiger partial charge in [0.05, 0.1) is 14.2 Å². The molecular formula is C23H25NO3. The summed E-state index contributed by atoms with van der Waals surface area (Å²) in [6, 6.07) is 23.9. The Kier molecular flexibility index (Phi) is 6.72. The molecule has 0 saturated heterocycles. The van der Waals surface area contributed by atoms with E-state index in [1.54, 1.807) is 14.2 Å². The van der Waals surface area contributed by atoms with Crippen molar-refractivity contribution in [2.24, 2.45) is 0 Å². The van der Waals surface area contributed by atoms with Gasteiger partial charge < -0.3 is 19.5 Å². The molecule has 0 bridgehead atoms. The Balaban J connectivity index is 1.53. The first-order valence-electron chi connectivity index (χ1n) is 9.02. The van der Waals surface area contributed by atoms with Crippen LogP contribution in [0.4, 0.5) is 0 Å². The highest BCUT2D eigenvalue weighted by Crippen LogP contribution is 2.30. The Morgan fingerprint density at radius 3 is 2.33 bits per heavy atom. The highest BCUT2D eigenvalue weighted by atomic mass is 16.5. The molecule has 0 heterocycles. The lowest BCUT2D eigenvalue weighted by molar-refractivity contribution is 0.351. The van der Waals surface area contributed by atoms with Gasteiger partial charge in [-0.3, -0.25) is 0 Å². The van der Waals surface area contributed by atoms with E-state index in [0.29, 0.717) is 0 Å². The van der Waals surface area contributed by atoms with Gasteiger partial charge in [0.15, 0.2) is 11.5 Å². The van der Waals surface area contributed by atoms with Gasteiger partial charge in [-0.1, -0.05) is 42.5 Å². The number of rotatable bonds is 9. The van der Waals surface area contributed by atoms with E-state index in [0.717, 1.165) is 48.1 Å². The lowest BCUT2D eigenvalue weighted by atomic mass is 10.1. The summed E-state index contributed by atoms with van der Waals surface area (Å²) in [4.78, 5) is 0. The standard InChI is InChI=1S/C23H25NO3/c1-25-22-13-7-9-19(23(22)26-2)14-15-24-17-18-8-6-12-21(16-18)27-20-10-4-3-5-11-20/h3-13,16,24H,14-15,17H2,1-2H3. The summed E-state index contributed by atoms with van der Waals surface area (Å²) < 4.78 is 16.7. The number of methoxy groups -OCH3 is 2. The van der Waals surface area contributed by atoms with E-state index in [4.69, 9.17) is 14.2 Å². The number of ether oxygens (including phenoxy) is 3. The molecule has 3 aromatic carbocycles. The van der Waals surface area contributed by atoms with Crippen LogP contribution in [-0.2, 0) is 13.0 Å². The summed E-state index contributed by atoms with van der Waals surface area (Å²) in [5.74, 6) is 3.25. The zero-order valence-electron chi connectivity index (χ0n) is 15.8. The van der Waals surface area contributed by atoms with Gasteiger partial charge in [-0.15, -0.1) is 0 Å². The van der Waals surface area contributed by atoms with E-state index < -0.39 is 0 Å². The molecule has 0 aromatic heterocycles. The first-order valence-corrected chi connectivity index (χ1v) is 9.02. The van der Waals surface area contributed by atoms with Gasteiger partial charge in [0.2, 0.25) is 0 Å². The summed E-state index contributed by atoms with van der Waals surface area (Å²) in [7, 11) is 3.33. The molecule has 0 amide bonds. The van der Waals surface area contributed by atoms with Crippen molar-refractivity contribution in [1.29, 1.82) is 0 Å². The second kappa shape index (κ2) is 9.64. The Hall–Kier alpha value is -2.98. The van der Waals surface area contributed by atoms with Crippen molar-refractivity contribution >= 4 is 0 Å². The minimum Gasteiger partial charge on any atom is -0.493 e. The summed E-state index contributed by atoms with van der Waals surface area (Å²) >= 11 is 0. The molecule has 3 rings (SSSR count). The monoisotopic (exact) mass is 363 g/mol.